The van der Waals surface area contributed by atoms with Crippen molar-refractivity contribution in [1.29, 1.82) is 0 Å². The molecule has 0 atom stereocenters. The Labute approximate surface area is 95.7 Å². The molecular formula is C11H15ClN2O. The van der Waals surface area contributed by atoms with E-state index >= 15 is 0 Å². The summed E-state index contributed by atoms with van der Waals surface area (Å²) in [6.07, 6.45) is 2.21. The number of nitrogens with one attached hydrogen (secondary N) is 2. The molecule has 0 unspecified atom stereocenters. The van der Waals surface area contributed by atoms with Gasteiger partial charge in [0.15, 0.2) is 0 Å². The number of hydrogen-bond acceptors (Lipinski definition) is 2. The lowest BCUT2D eigenvalue weighted by molar-refractivity contribution is 0.0963. The molecular weight excluding hydrogens is 212 g/mol. The maximum atomic E-state index is 11.5. The van der Waals surface area contributed by atoms with E-state index in [9.17, 15) is 4.79 Å². The Kier molecular flexibility index (Phi) is 3.97. The summed E-state index contributed by atoms with van der Waals surface area (Å²) in [5, 5.41) is 5.94. The number of para-hydroxylation sites is 1. The number of carbonyl (C=O) groups is 1. The minimum atomic E-state index is -0.0174. The van der Waals surface area contributed by atoms with Crippen molar-refractivity contribution in [3.63, 3.8) is 0 Å². The van der Waals surface area contributed by atoms with Crippen LogP contribution in [0.5, 0.6) is 0 Å². The predicted octanol–water partition coefficient (Wildman–Crippen LogP) is 1.83. The van der Waals surface area contributed by atoms with Crippen LogP contribution in [0.4, 0.5) is 5.69 Å². The molecule has 2 rings (SSSR count). The van der Waals surface area contributed by atoms with Gasteiger partial charge in [0.05, 0.1) is 11.3 Å². The minimum absolute atomic E-state index is 0. The number of amides is 1. The Hall–Kier alpha value is -1.22. The minimum Gasteiger partial charge on any atom is -0.384 e. The summed E-state index contributed by atoms with van der Waals surface area (Å²) in [6, 6.07) is 5.88. The lowest BCUT2D eigenvalue weighted by Crippen LogP contribution is -2.22. The molecule has 0 saturated carbocycles. The molecule has 1 aliphatic heterocycles. The monoisotopic (exact) mass is 226 g/mol. The Morgan fingerprint density at radius 3 is 3.00 bits per heavy atom. The van der Waals surface area contributed by atoms with Crippen LogP contribution in [-0.4, -0.2) is 19.5 Å². The Balaban J connectivity index is 0.00000112. The van der Waals surface area contributed by atoms with Gasteiger partial charge in [0.1, 0.15) is 0 Å². The van der Waals surface area contributed by atoms with Gasteiger partial charge in [-0.15, -0.1) is 12.4 Å². The number of carbonyl (C=O) groups excluding carboxylic acids is 1. The molecule has 0 aliphatic carbocycles. The van der Waals surface area contributed by atoms with Crippen LogP contribution in [0.3, 0.4) is 0 Å². The van der Waals surface area contributed by atoms with Gasteiger partial charge in [-0.3, -0.25) is 4.79 Å². The number of benzene rings is 1. The van der Waals surface area contributed by atoms with Crippen molar-refractivity contribution in [1.82, 2.24) is 5.32 Å². The molecule has 0 fully saturated rings. The zero-order valence-corrected chi connectivity index (χ0v) is 9.49. The van der Waals surface area contributed by atoms with Crippen LogP contribution in [0.1, 0.15) is 22.3 Å². The number of halogens is 1. The number of anilines is 1. The van der Waals surface area contributed by atoms with Gasteiger partial charge in [-0.05, 0) is 24.5 Å². The van der Waals surface area contributed by atoms with Gasteiger partial charge in [-0.25, -0.2) is 0 Å². The summed E-state index contributed by atoms with van der Waals surface area (Å²) < 4.78 is 0. The van der Waals surface area contributed by atoms with E-state index in [0.717, 1.165) is 30.6 Å². The second-order valence-electron chi connectivity index (χ2n) is 3.45. The van der Waals surface area contributed by atoms with E-state index in [-0.39, 0.29) is 18.3 Å². The molecule has 0 spiro atoms. The number of rotatable bonds is 1. The fourth-order valence-electron chi connectivity index (χ4n) is 1.83. The van der Waals surface area contributed by atoms with Gasteiger partial charge in [-0.2, -0.15) is 0 Å². The smallest absolute Gasteiger partial charge is 0.253 e. The van der Waals surface area contributed by atoms with E-state index in [0.29, 0.717) is 0 Å². The number of fused-ring (bicyclic) bond motifs is 1. The van der Waals surface area contributed by atoms with Gasteiger partial charge in [0, 0.05) is 13.6 Å². The number of aryl methyl sites for hydroxylation is 1. The van der Waals surface area contributed by atoms with E-state index in [2.05, 4.69) is 16.7 Å². The highest BCUT2D eigenvalue weighted by Crippen LogP contribution is 2.25. The second-order valence-corrected chi connectivity index (χ2v) is 3.45. The first-order chi connectivity index (χ1) is 6.83. The lowest BCUT2D eigenvalue weighted by Gasteiger charge is -2.20. The van der Waals surface area contributed by atoms with Crippen molar-refractivity contribution in [3.8, 4) is 0 Å². The van der Waals surface area contributed by atoms with Crippen molar-refractivity contribution >= 4 is 24.0 Å². The van der Waals surface area contributed by atoms with E-state index in [4.69, 9.17) is 0 Å². The predicted molar refractivity (Wildman–Crippen MR) is 63.9 cm³/mol. The highest BCUT2D eigenvalue weighted by Gasteiger charge is 2.15. The molecule has 0 saturated heterocycles. The van der Waals surface area contributed by atoms with Crippen LogP contribution in [0.25, 0.3) is 0 Å². The van der Waals surface area contributed by atoms with E-state index in [1.807, 2.05) is 12.1 Å². The molecule has 0 bridgehead atoms. The first kappa shape index (κ1) is 11.9. The largest absolute Gasteiger partial charge is 0.384 e. The van der Waals surface area contributed by atoms with Crippen LogP contribution in [0, 0.1) is 0 Å². The first-order valence-corrected chi connectivity index (χ1v) is 4.91. The molecule has 82 valence electrons. The zero-order chi connectivity index (χ0) is 9.97. The molecule has 1 aromatic rings. The molecule has 0 aromatic heterocycles. The molecule has 2 N–H and O–H groups in total. The summed E-state index contributed by atoms with van der Waals surface area (Å²) in [5.41, 5.74) is 3.01. The highest BCUT2D eigenvalue weighted by molar-refractivity contribution is 6.00. The number of hydrogen-bond donors (Lipinski definition) is 2. The summed E-state index contributed by atoms with van der Waals surface area (Å²) in [4.78, 5) is 11.5. The van der Waals surface area contributed by atoms with Crippen molar-refractivity contribution in [2.75, 3.05) is 18.9 Å². The second kappa shape index (κ2) is 5.03. The molecule has 1 heterocycles. The van der Waals surface area contributed by atoms with Crippen molar-refractivity contribution in [2.24, 2.45) is 0 Å². The van der Waals surface area contributed by atoms with Crippen LogP contribution in [0.15, 0.2) is 18.2 Å². The van der Waals surface area contributed by atoms with E-state index < -0.39 is 0 Å². The topological polar surface area (TPSA) is 41.1 Å². The molecule has 1 aliphatic rings. The lowest BCUT2D eigenvalue weighted by atomic mass is 9.99. The Morgan fingerprint density at radius 1 is 1.47 bits per heavy atom. The van der Waals surface area contributed by atoms with Gasteiger partial charge >= 0.3 is 0 Å². The fourth-order valence-corrected chi connectivity index (χ4v) is 1.83. The summed E-state index contributed by atoms with van der Waals surface area (Å²) in [5.74, 6) is -0.0174. The van der Waals surface area contributed by atoms with Crippen molar-refractivity contribution < 1.29 is 4.79 Å². The third kappa shape index (κ3) is 2.23. The third-order valence-corrected chi connectivity index (χ3v) is 2.55. The molecule has 3 nitrogen and oxygen atoms in total. The molecule has 4 heteroatoms. The quantitative estimate of drug-likeness (QED) is 0.767. The van der Waals surface area contributed by atoms with Gasteiger partial charge in [0.2, 0.25) is 0 Å². The molecule has 1 amide bonds. The van der Waals surface area contributed by atoms with Crippen molar-refractivity contribution in [3.05, 3.63) is 29.3 Å². The van der Waals surface area contributed by atoms with E-state index in [1.54, 1.807) is 7.05 Å². The van der Waals surface area contributed by atoms with Crippen LogP contribution in [-0.2, 0) is 6.42 Å². The average Bonchev–Trinajstić information content (AvgIpc) is 2.27. The normalized spacial score (nSPS) is 13.1. The van der Waals surface area contributed by atoms with Gasteiger partial charge in [0.25, 0.3) is 5.91 Å². The highest BCUT2D eigenvalue weighted by atomic mass is 35.5. The van der Waals surface area contributed by atoms with Crippen molar-refractivity contribution in [2.45, 2.75) is 12.8 Å². The summed E-state index contributed by atoms with van der Waals surface area (Å²) in [6.45, 7) is 0.959. The Morgan fingerprint density at radius 2 is 2.27 bits per heavy atom. The van der Waals surface area contributed by atoms with Crippen LogP contribution < -0.4 is 10.6 Å². The first-order valence-electron chi connectivity index (χ1n) is 4.91. The molecule has 15 heavy (non-hydrogen) atoms. The SMILES string of the molecule is CNC(=O)c1cccc2c1NCCC2.Cl. The fraction of sp³-hybridized carbons (Fsp3) is 0.364. The molecule has 1 aromatic carbocycles. The average molecular weight is 227 g/mol. The molecule has 0 radical (unpaired) electrons. The summed E-state index contributed by atoms with van der Waals surface area (Å²) in [7, 11) is 1.66. The van der Waals surface area contributed by atoms with Crippen LogP contribution >= 0.6 is 12.4 Å². The van der Waals surface area contributed by atoms with E-state index in [1.165, 1.54) is 5.56 Å². The van der Waals surface area contributed by atoms with Crippen LogP contribution in [0.2, 0.25) is 0 Å². The Bertz CT molecular complexity index is 366. The third-order valence-electron chi connectivity index (χ3n) is 2.55. The maximum absolute atomic E-state index is 11.5. The zero-order valence-electron chi connectivity index (χ0n) is 8.67. The van der Waals surface area contributed by atoms with Gasteiger partial charge < -0.3 is 10.6 Å². The summed E-state index contributed by atoms with van der Waals surface area (Å²) >= 11 is 0. The van der Waals surface area contributed by atoms with Gasteiger partial charge in [-0.1, -0.05) is 12.1 Å². The maximum Gasteiger partial charge on any atom is 0.253 e. The standard InChI is InChI=1S/C11H14N2O.ClH/c1-12-11(14)9-6-2-4-8-5-3-7-13-10(8)9;/h2,4,6,13H,3,5,7H2,1H3,(H,12,14);1H.